The fourth-order valence-corrected chi connectivity index (χ4v) is 5.67. The summed E-state index contributed by atoms with van der Waals surface area (Å²) in [7, 11) is -2.78. The zero-order valence-corrected chi connectivity index (χ0v) is 13.2. The lowest BCUT2D eigenvalue weighted by atomic mass is 9.78. The van der Waals surface area contributed by atoms with Gasteiger partial charge in [-0.2, -0.15) is 0 Å². The van der Waals surface area contributed by atoms with Crippen LogP contribution in [0.4, 0.5) is 0 Å². The third-order valence-corrected chi connectivity index (χ3v) is 6.82. The number of benzene rings is 1. The average molecular weight is 294 g/mol. The average Bonchev–Trinajstić information content (AvgIpc) is 2.67. The molecule has 0 aliphatic carbocycles. The number of nitrogens with zero attached hydrogens (tertiary/aromatic N) is 1. The van der Waals surface area contributed by atoms with Gasteiger partial charge in [-0.25, -0.2) is 8.42 Å². The fourth-order valence-electron chi connectivity index (χ4n) is 4.14. The van der Waals surface area contributed by atoms with Gasteiger partial charge in [-0.3, -0.25) is 0 Å². The van der Waals surface area contributed by atoms with Gasteiger partial charge in [0.1, 0.15) is 0 Å². The highest BCUT2D eigenvalue weighted by molar-refractivity contribution is 7.91. The van der Waals surface area contributed by atoms with E-state index < -0.39 is 9.84 Å². The van der Waals surface area contributed by atoms with Crippen LogP contribution in [0, 0.1) is 5.41 Å². The summed E-state index contributed by atoms with van der Waals surface area (Å²) in [6.07, 6.45) is 0. The van der Waals surface area contributed by atoms with Crippen LogP contribution in [-0.2, 0) is 9.84 Å². The van der Waals surface area contributed by atoms with E-state index in [0.29, 0.717) is 17.4 Å². The first-order chi connectivity index (χ1) is 9.32. The van der Waals surface area contributed by atoms with Crippen molar-refractivity contribution in [2.24, 2.45) is 5.41 Å². The highest BCUT2D eigenvalue weighted by Gasteiger charge is 2.52. The van der Waals surface area contributed by atoms with E-state index in [1.807, 2.05) is 0 Å². The SMILES string of the molecule is CC1(C)C[N+]2(CCS(=O)(=O)CC2)CC1c1ccccc1. The van der Waals surface area contributed by atoms with Gasteiger partial charge in [0.15, 0.2) is 9.84 Å². The number of hydrogen-bond acceptors (Lipinski definition) is 2. The van der Waals surface area contributed by atoms with E-state index in [-0.39, 0.29) is 5.41 Å². The summed E-state index contributed by atoms with van der Waals surface area (Å²) in [5, 5.41) is 0. The van der Waals surface area contributed by atoms with E-state index in [2.05, 4.69) is 44.2 Å². The Balaban J connectivity index is 1.86. The van der Waals surface area contributed by atoms with Crippen LogP contribution in [0.25, 0.3) is 0 Å². The summed E-state index contributed by atoms with van der Waals surface area (Å²) in [4.78, 5) is 0. The molecule has 0 radical (unpaired) electrons. The second-order valence-corrected chi connectivity index (χ2v) is 9.54. The van der Waals surface area contributed by atoms with Gasteiger partial charge in [-0.05, 0) is 5.56 Å². The Morgan fingerprint density at radius 1 is 1.10 bits per heavy atom. The molecule has 1 aromatic rings. The highest BCUT2D eigenvalue weighted by Crippen LogP contribution is 2.46. The fraction of sp³-hybridized carbons (Fsp3) is 0.625. The molecule has 0 amide bonds. The van der Waals surface area contributed by atoms with Crippen molar-refractivity contribution in [3.05, 3.63) is 35.9 Å². The van der Waals surface area contributed by atoms with Gasteiger partial charge in [-0.15, -0.1) is 0 Å². The molecule has 2 fully saturated rings. The molecule has 0 bridgehead atoms. The summed E-state index contributed by atoms with van der Waals surface area (Å²) in [5.74, 6) is 1.26. The highest BCUT2D eigenvalue weighted by atomic mass is 32.2. The Kier molecular flexibility index (Phi) is 3.22. The Hall–Kier alpha value is -0.870. The Morgan fingerprint density at radius 2 is 1.70 bits per heavy atom. The summed E-state index contributed by atoms with van der Waals surface area (Å²) in [6, 6.07) is 10.7. The van der Waals surface area contributed by atoms with Crippen molar-refractivity contribution in [2.45, 2.75) is 19.8 Å². The lowest BCUT2D eigenvalue weighted by Gasteiger charge is -2.38. The quantitative estimate of drug-likeness (QED) is 0.743. The molecule has 2 saturated heterocycles. The van der Waals surface area contributed by atoms with E-state index in [0.717, 1.165) is 30.7 Å². The van der Waals surface area contributed by atoms with E-state index >= 15 is 0 Å². The van der Waals surface area contributed by atoms with Crippen molar-refractivity contribution >= 4 is 9.84 Å². The molecule has 1 atom stereocenters. The van der Waals surface area contributed by atoms with Crippen molar-refractivity contribution in [2.75, 3.05) is 37.7 Å². The Bertz CT molecular complexity index is 578. The molecule has 0 saturated carbocycles. The molecule has 110 valence electrons. The maximum atomic E-state index is 11.7. The van der Waals surface area contributed by atoms with E-state index in [1.165, 1.54) is 5.56 Å². The smallest absolute Gasteiger partial charge is 0.161 e. The zero-order chi connectivity index (χ0) is 14.4. The van der Waals surface area contributed by atoms with Crippen LogP contribution >= 0.6 is 0 Å². The molecule has 4 heteroatoms. The topological polar surface area (TPSA) is 34.1 Å². The molecular formula is C16H24NO2S+. The molecule has 20 heavy (non-hydrogen) atoms. The van der Waals surface area contributed by atoms with Crippen LogP contribution in [0.3, 0.4) is 0 Å². The maximum Gasteiger partial charge on any atom is 0.161 e. The normalized spacial score (nSPS) is 30.4. The molecule has 2 heterocycles. The number of rotatable bonds is 1. The van der Waals surface area contributed by atoms with Gasteiger partial charge in [-0.1, -0.05) is 44.2 Å². The molecule has 1 spiro atoms. The summed E-state index contributed by atoms with van der Waals surface area (Å²) >= 11 is 0. The van der Waals surface area contributed by atoms with E-state index in [4.69, 9.17) is 0 Å². The minimum atomic E-state index is -2.78. The third kappa shape index (κ3) is 2.51. The summed E-state index contributed by atoms with van der Waals surface area (Å²) in [5.41, 5.74) is 1.64. The second-order valence-electron chi connectivity index (χ2n) is 7.23. The first-order valence-electron chi connectivity index (χ1n) is 7.43. The molecule has 2 aliphatic heterocycles. The molecule has 0 N–H and O–H groups in total. The molecule has 1 aromatic carbocycles. The van der Waals surface area contributed by atoms with E-state index in [9.17, 15) is 8.42 Å². The number of sulfone groups is 1. The first-order valence-corrected chi connectivity index (χ1v) is 9.25. The van der Waals surface area contributed by atoms with Crippen LogP contribution in [0.15, 0.2) is 30.3 Å². The molecule has 3 rings (SSSR count). The van der Waals surface area contributed by atoms with Crippen LogP contribution in [-0.4, -0.2) is 50.6 Å². The predicted molar refractivity (Wildman–Crippen MR) is 81.3 cm³/mol. The van der Waals surface area contributed by atoms with Gasteiger partial charge in [0, 0.05) is 11.3 Å². The van der Waals surface area contributed by atoms with E-state index in [1.54, 1.807) is 0 Å². The molecule has 1 unspecified atom stereocenters. The monoisotopic (exact) mass is 294 g/mol. The van der Waals surface area contributed by atoms with Gasteiger partial charge >= 0.3 is 0 Å². The van der Waals surface area contributed by atoms with Crippen LogP contribution in [0.1, 0.15) is 25.3 Å². The van der Waals surface area contributed by atoms with Crippen molar-refractivity contribution < 1.29 is 12.9 Å². The van der Waals surface area contributed by atoms with Gasteiger partial charge in [0.25, 0.3) is 0 Å². The first kappa shape index (κ1) is 14.1. The van der Waals surface area contributed by atoms with Crippen molar-refractivity contribution in [3.8, 4) is 0 Å². The molecule has 3 nitrogen and oxygen atoms in total. The molecular weight excluding hydrogens is 270 g/mol. The Morgan fingerprint density at radius 3 is 2.30 bits per heavy atom. The van der Waals surface area contributed by atoms with Gasteiger partial charge in [0.05, 0.1) is 37.7 Å². The predicted octanol–water partition coefficient (Wildman–Crippen LogP) is 2.06. The zero-order valence-electron chi connectivity index (χ0n) is 12.4. The second kappa shape index (κ2) is 4.57. The summed E-state index contributed by atoms with van der Waals surface area (Å²) < 4.78 is 24.4. The Labute approximate surface area is 122 Å². The number of hydrogen-bond donors (Lipinski definition) is 0. The molecule has 2 aliphatic rings. The molecule has 0 aromatic heterocycles. The number of quaternary nitrogens is 1. The largest absolute Gasteiger partial charge is 0.321 e. The maximum absolute atomic E-state index is 11.7. The minimum Gasteiger partial charge on any atom is -0.321 e. The van der Waals surface area contributed by atoms with Crippen LogP contribution in [0.2, 0.25) is 0 Å². The standard InChI is InChI=1S/C16H24NO2S/c1-16(2)13-17(8-10-20(18,19)11-9-17)12-15(16)14-6-4-3-5-7-14/h3-7,15H,8-13H2,1-2H3/q+1. The summed E-state index contributed by atoms with van der Waals surface area (Å²) in [6.45, 7) is 8.46. The lowest BCUT2D eigenvalue weighted by Crippen LogP contribution is -2.55. The van der Waals surface area contributed by atoms with Crippen molar-refractivity contribution in [1.82, 2.24) is 0 Å². The van der Waals surface area contributed by atoms with Gasteiger partial charge in [0.2, 0.25) is 0 Å². The van der Waals surface area contributed by atoms with Crippen LogP contribution < -0.4 is 0 Å². The van der Waals surface area contributed by atoms with Crippen molar-refractivity contribution in [3.63, 3.8) is 0 Å². The minimum absolute atomic E-state index is 0.239. The lowest BCUT2D eigenvalue weighted by molar-refractivity contribution is -0.916. The van der Waals surface area contributed by atoms with Crippen molar-refractivity contribution in [1.29, 1.82) is 0 Å². The third-order valence-electron chi connectivity index (χ3n) is 5.21. The van der Waals surface area contributed by atoms with Gasteiger partial charge < -0.3 is 4.48 Å². The van der Waals surface area contributed by atoms with Crippen LogP contribution in [0.5, 0.6) is 0 Å².